The average Bonchev–Trinajstić information content (AvgIpc) is 3.03. The van der Waals surface area contributed by atoms with Crippen molar-refractivity contribution >= 4 is 5.91 Å². The predicted molar refractivity (Wildman–Crippen MR) is 86.6 cm³/mol. The lowest BCUT2D eigenvalue weighted by Crippen LogP contribution is -2.50. The third-order valence-electron chi connectivity index (χ3n) is 4.91. The van der Waals surface area contributed by atoms with Gasteiger partial charge in [-0.3, -0.25) is 9.48 Å². The number of para-hydroxylation sites is 1. The first-order chi connectivity index (χ1) is 12.0. The molecule has 1 fully saturated rings. The zero-order valence-corrected chi connectivity index (χ0v) is 13.7. The van der Waals surface area contributed by atoms with E-state index in [0.29, 0.717) is 30.9 Å². The smallest absolute Gasteiger partial charge is 0.272 e. The van der Waals surface area contributed by atoms with Gasteiger partial charge in [0.2, 0.25) is 0 Å². The molecule has 132 valence electrons. The molecule has 1 aromatic carbocycles. The molecule has 0 N–H and O–H groups in total. The Bertz CT molecular complexity index is 776. The topological polar surface area (TPSA) is 47.4 Å². The molecule has 0 bridgehead atoms. The highest BCUT2D eigenvalue weighted by molar-refractivity contribution is 5.93. The van der Waals surface area contributed by atoms with Crippen molar-refractivity contribution in [3.05, 3.63) is 47.8 Å². The van der Waals surface area contributed by atoms with Crippen molar-refractivity contribution in [1.29, 1.82) is 0 Å². The molecule has 1 amide bonds. The predicted octanol–water partition coefficient (Wildman–Crippen LogP) is 2.96. The number of aromatic nitrogens is 2. The van der Waals surface area contributed by atoms with E-state index >= 15 is 0 Å². The first-order valence-corrected chi connectivity index (χ1v) is 8.44. The van der Waals surface area contributed by atoms with Crippen LogP contribution in [0.5, 0.6) is 5.75 Å². The third kappa shape index (κ3) is 3.10. The summed E-state index contributed by atoms with van der Waals surface area (Å²) in [6.45, 7) is 1.31. The number of rotatable bonds is 5. The highest BCUT2D eigenvalue weighted by atomic mass is 19.3. The molecule has 0 spiro atoms. The van der Waals surface area contributed by atoms with Gasteiger partial charge in [0, 0.05) is 25.4 Å². The fourth-order valence-electron chi connectivity index (χ4n) is 3.27. The van der Waals surface area contributed by atoms with E-state index in [1.165, 1.54) is 4.90 Å². The molecule has 0 radical (unpaired) electrons. The lowest BCUT2D eigenvalue weighted by molar-refractivity contribution is -0.137. The van der Waals surface area contributed by atoms with Crippen molar-refractivity contribution in [2.45, 2.75) is 31.9 Å². The molecule has 2 aromatic rings. The Kier molecular flexibility index (Phi) is 3.94. The minimum atomic E-state index is -2.63. The van der Waals surface area contributed by atoms with Crippen LogP contribution in [0.2, 0.25) is 0 Å². The number of fused-ring (bicyclic) bond motifs is 1. The van der Waals surface area contributed by atoms with E-state index in [-0.39, 0.29) is 25.5 Å². The molecule has 1 aliphatic carbocycles. The highest BCUT2D eigenvalue weighted by Crippen LogP contribution is 2.43. The van der Waals surface area contributed by atoms with Crippen molar-refractivity contribution in [3.8, 4) is 5.75 Å². The Labute approximate surface area is 144 Å². The first kappa shape index (κ1) is 16.1. The van der Waals surface area contributed by atoms with Gasteiger partial charge in [-0.25, -0.2) is 8.78 Å². The van der Waals surface area contributed by atoms with Crippen LogP contribution in [0.1, 0.15) is 29.0 Å². The van der Waals surface area contributed by atoms with Crippen LogP contribution >= 0.6 is 0 Å². The second-order valence-electron chi connectivity index (χ2n) is 6.59. The molecule has 2 heterocycles. The molecule has 1 aliphatic heterocycles. The molecule has 25 heavy (non-hydrogen) atoms. The van der Waals surface area contributed by atoms with Crippen LogP contribution in [-0.2, 0) is 13.2 Å². The minimum Gasteiger partial charge on any atom is -0.487 e. The number of carbonyl (C=O) groups is 1. The molecule has 1 saturated carbocycles. The van der Waals surface area contributed by atoms with E-state index in [9.17, 15) is 13.6 Å². The average molecular weight is 347 g/mol. The van der Waals surface area contributed by atoms with Gasteiger partial charge in [-0.05, 0) is 24.6 Å². The molecular weight excluding hydrogens is 328 g/mol. The molecule has 1 aromatic heterocycles. The number of nitrogens with zero attached hydrogens (tertiary/aromatic N) is 3. The zero-order valence-electron chi connectivity index (χ0n) is 13.7. The van der Waals surface area contributed by atoms with Gasteiger partial charge in [0.25, 0.3) is 11.8 Å². The number of halogens is 2. The summed E-state index contributed by atoms with van der Waals surface area (Å²) in [4.78, 5) is 14.1. The second-order valence-corrected chi connectivity index (χ2v) is 6.59. The van der Waals surface area contributed by atoms with Gasteiger partial charge >= 0.3 is 0 Å². The van der Waals surface area contributed by atoms with E-state index < -0.39 is 11.8 Å². The Hall–Kier alpha value is -2.44. The summed E-state index contributed by atoms with van der Waals surface area (Å²) in [5.41, 5.74) is 1.10. The van der Waals surface area contributed by atoms with Gasteiger partial charge in [-0.2, -0.15) is 5.10 Å². The van der Waals surface area contributed by atoms with Gasteiger partial charge in [-0.15, -0.1) is 0 Å². The lowest BCUT2D eigenvalue weighted by atomic mass is 9.80. The minimum absolute atomic E-state index is 0.0708. The summed E-state index contributed by atoms with van der Waals surface area (Å²) < 4.78 is 34.2. The number of alkyl halides is 2. The number of amides is 1. The summed E-state index contributed by atoms with van der Waals surface area (Å²) in [6, 6.07) is 11.1. The highest BCUT2D eigenvalue weighted by Gasteiger charge is 2.49. The van der Waals surface area contributed by atoms with Gasteiger partial charge in [0.1, 0.15) is 23.7 Å². The van der Waals surface area contributed by atoms with Crippen molar-refractivity contribution < 1.29 is 18.3 Å². The van der Waals surface area contributed by atoms with E-state index in [0.717, 1.165) is 5.75 Å². The van der Waals surface area contributed by atoms with Crippen molar-refractivity contribution in [2.75, 3.05) is 13.1 Å². The molecule has 1 unspecified atom stereocenters. The summed E-state index contributed by atoms with van der Waals surface area (Å²) in [6.07, 6.45) is 0.408. The first-order valence-electron chi connectivity index (χ1n) is 8.44. The molecule has 4 rings (SSSR count). The SMILES string of the molecule is O=C1c2cc(COc3ccccc3)nn2CCN1CC1CCC1(F)F. The zero-order chi connectivity index (χ0) is 17.4. The van der Waals surface area contributed by atoms with Crippen molar-refractivity contribution in [2.24, 2.45) is 5.92 Å². The van der Waals surface area contributed by atoms with E-state index in [2.05, 4.69) is 5.10 Å². The summed E-state index contributed by atoms with van der Waals surface area (Å²) in [5, 5.41) is 4.39. The number of ether oxygens (including phenoxy) is 1. The van der Waals surface area contributed by atoms with E-state index in [1.807, 2.05) is 30.3 Å². The molecular formula is C18H19F2N3O2. The maximum atomic E-state index is 13.5. The molecule has 7 heteroatoms. The van der Waals surface area contributed by atoms with Crippen molar-refractivity contribution in [3.63, 3.8) is 0 Å². The Morgan fingerprint density at radius 1 is 1.24 bits per heavy atom. The van der Waals surface area contributed by atoms with Crippen LogP contribution in [0.25, 0.3) is 0 Å². The van der Waals surface area contributed by atoms with Crippen LogP contribution in [0.15, 0.2) is 36.4 Å². The maximum absolute atomic E-state index is 13.5. The normalized spacial score (nSPS) is 21.6. The van der Waals surface area contributed by atoms with Crippen LogP contribution in [-0.4, -0.2) is 39.6 Å². The van der Waals surface area contributed by atoms with Crippen LogP contribution in [0.3, 0.4) is 0 Å². The Morgan fingerprint density at radius 2 is 2.04 bits per heavy atom. The fourth-order valence-corrected chi connectivity index (χ4v) is 3.27. The lowest BCUT2D eigenvalue weighted by Gasteiger charge is -2.40. The number of carbonyl (C=O) groups excluding carboxylic acids is 1. The standard InChI is InChI=1S/C18H19F2N3O2/c19-18(20)7-6-13(18)11-22-8-9-23-16(17(22)24)10-14(21-23)12-25-15-4-2-1-3-5-15/h1-5,10,13H,6-9,11-12H2. The summed E-state index contributed by atoms with van der Waals surface area (Å²) in [5.74, 6) is -2.85. The van der Waals surface area contributed by atoms with Crippen LogP contribution in [0, 0.1) is 5.92 Å². The number of benzene rings is 1. The van der Waals surface area contributed by atoms with E-state index in [1.54, 1.807) is 10.7 Å². The molecule has 2 aliphatic rings. The molecule has 5 nitrogen and oxygen atoms in total. The second kappa shape index (κ2) is 6.13. The number of hydrogen-bond donors (Lipinski definition) is 0. The summed E-state index contributed by atoms with van der Waals surface area (Å²) >= 11 is 0. The Balaban J connectivity index is 1.42. The van der Waals surface area contributed by atoms with Gasteiger partial charge in [-0.1, -0.05) is 18.2 Å². The number of hydrogen-bond acceptors (Lipinski definition) is 3. The largest absolute Gasteiger partial charge is 0.487 e. The summed E-state index contributed by atoms with van der Waals surface area (Å²) in [7, 11) is 0. The van der Waals surface area contributed by atoms with Crippen molar-refractivity contribution in [1.82, 2.24) is 14.7 Å². The quantitative estimate of drug-likeness (QED) is 0.835. The van der Waals surface area contributed by atoms with E-state index in [4.69, 9.17) is 4.74 Å². The third-order valence-corrected chi connectivity index (χ3v) is 4.91. The fraction of sp³-hybridized carbons (Fsp3) is 0.444. The monoisotopic (exact) mass is 347 g/mol. The van der Waals surface area contributed by atoms with Gasteiger partial charge < -0.3 is 9.64 Å². The maximum Gasteiger partial charge on any atom is 0.272 e. The Morgan fingerprint density at radius 3 is 2.72 bits per heavy atom. The van der Waals surface area contributed by atoms with Gasteiger partial charge in [0.05, 0.1) is 6.54 Å². The van der Waals surface area contributed by atoms with Gasteiger partial charge in [0.15, 0.2) is 0 Å². The molecule has 1 atom stereocenters. The van der Waals surface area contributed by atoms with Crippen LogP contribution in [0.4, 0.5) is 8.78 Å². The van der Waals surface area contributed by atoms with Crippen LogP contribution < -0.4 is 4.74 Å². The molecule has 0 saturated heterocycles.